The Bertz CT molecular complexity index is 269. The molecule has 4 nitrogen and oxygen atoms in total. The Balaban J connectivity index is 1.85. The van der Waals surface area contributed by atoms with Crippen LogP contribution in [0.3, 0.4) is 0 Å². The molecular formula is C13H25N3O. The van der Waals surface area contributed by atoms with E-state index < -0.39 is 0 Å². The van der Waals surface area contributed by atoms with Crippen molar-refractivity contribution in [2.45, 2.75) is 51.1 Å². The topological polar surface area (TPSA) is 35.6 Å². The van der Waals surface area contributed by atoms with E-state index in [1.807, 2.05) is 4.90 Å². The highest BCUT2D eigenvalue weighted by Gasteiger charge is 2.32. The molecule has 4 heteroatoms. The molecule has 2 aliphatic heterocycles. The highest BCUT2D eigenvalue weighted by atomic mass is 16.2. The van der Waals surface area contributed by atoms with E-state index in [1.165, 1.54) is 25.8 Å². The smallest absolute Gasteiger partial charge is 0.240 e. The molecule has 0 bridgehead atoms. The average molecular weight is 239 g/mol. The predicted octanol–water partition coefficient (Wildman–Crippen LogP) is 1.03. The zero-order chi connectivity index (χ0) is 12.3. The van der Waals surface area contributed by atoms with Gasteiger partial charge in [-0.05, 0) is 32.9 Å². The molecule has 0 saturated carbocycles. The van der Waals surface area contributed by atoms with E-state index >= 15 is 0 Å². The van der Waals surface area contributed by atoms with Crippen LogP contribution in [0.25, 0.3) is 0 Å². The highest BCUT2D eigenvalue weighted by Crippen LogP contribution is 2.18. The molecule has 2 saturated heterocycles. The molecule has 0 aromatic carbocycles. The van der Waals surface area contributed by atoms with Crippen LogP contribution in [0.15, 0.2) is 0 Å². The second-order valence-corrected chi connectivity index (χ2v) is 5.39. The predicted molar refractivity (Wildman–Crippen MR) is 68.7 cm³/mol. The number of piperidine rings is 1. The molecule has 2 atom stereocenters. The summed E-state index contributed by atoms with van der Waals surface area (Å²) < 4.78 is 0. The molecule has 0 aromatic heterocycles. The summed E-state index contributed by atoms with van der Waals surface area (Å²) in [5.74, 6) is 0.311. The van der Waals surface area contributed by atoms with Crippen LogP contribution in [0, 0.1) is 0 Å². The van der Waals surface area contributed by atoms with E-state index in [1.54, 1.807) is 0 Å². The lowest BCUT2D eigenvalue weighted by Crippen LogP contribution is -2.45. The van der Waals surface area contributed by atoms with E-state index in [9.17, 15) is 4.79 Å². The van der Waals surface area contributed by atoms with Crippen molar-refractivity contribution in [2.75, 3.05) is 26.8 Å². The molecule has 1 N–H and O–H groups in total. The molecule has 0 radical (unpaired) electrons. The molecular weight excluding hydrogens is 214 g/mol. The van der Waals surface area contributed by atoms with E-state index in [0.717, 1.165) is 26.1 Å². The number of rotatable bonds is 4. The zero-order valence-corrected chi connectivity index (χ0v) is 11.1. The van der Waals surface area contributed by atoms with Gasteiger partial charge in [0.25, 0.3) is 0 Å². The Hall–Kier alpha value is -0.610. The van der Waals surface area contributed by atoms with Crippen molar-refractivity contribution in [3.63, 3.8) is 0 Å². The van der Waals surface area contributed by atoms with Crippen molar-refractivity contribution in [3.8, 4) is 0 Å². The number of likely N-dealkylation sites (N-methyl/N-ethyl adjacent to an activating group) is 1. The van der Waals surface area contributed by atoms with Crippen molar-refractivity contribution in [2.24, 2.45) is 0 Å². The van der Waals surface area contributed by atoms with Gasteiger partial charge in [0.2, 0.25) is 5.91 Å². The van der Waals surface area contributed by atoms with Crippen molar-refractivity contribution in [1.82, 2.24) is 15.1 Å². The monoisotopic (exact) mass is 239 g/mol. The third-order valence-electron chi connectivity index (χ3n) is 4.07. The summed E-state index contributed by atoms with van der Waals surface area (Å²) in [6.07, 6.45) is 5.88. The van der Waals surface area contributed by atoms with Crippen LogP contribution in [0.2, 0.25) is 0 Å². The lowest BCUT2D eigenvalue weighted by atomic mass is 10.0. The maximum atomic E-state index is 12.1. The summed E-state index contributed by atoms with van der Waals surface area (Å²) in [6.45, 7) is 4.96. The molecule has 2 fully saturated rings. The molecule has 98 valence electrons. The zero-order valence-electron chi connectivity index (χ0n) is 11.1. The number of carbonyl (C=O) groups is 1. The minimum absolute atomic E-state index is 0.0777. The normalized spacial score (nSPS) is 31.2. The van der Waals surface area contributed by atoms with E-state index in [2.05, 4.69) is 24.2 Å². The average Bonchev–Trinajstić information content (AvgIpc) is 2.65. The van der Waals surface area contributed by atoms with Crippen LogP contribution in [0.4, 0.5) is 0 Å². The fourth-order valence-corrected chi connectivity index (χ4v) is 2.90. The SMILES string of the molecule is CCCC1NCN(CC2CCCCN2C)C1=O. The summed E-state index contributed by atoms with van der Waals surface area (Å²) in [5.41, 5.74) is 0. The summed E-state index contributed by atoms with van der Waals surface area (Å²) in [7, 11) is 2.18. The Morgan fingerprint density at radius 3 is 2.94 bits per heavy atom. The maximum absolute atomic E-state index is 12.1. The third-order valence-corrected chi connectivity index (χ3v) is 4.07. The van der Waals surface area contributed by atoms with Crippen molar-refractivity contribution < 1.29 is 4.79 Å². The van der Waals surface area contributed by atoms with Crippen LogP contribution in [0.1, 0.15) is 39.0 Å². The fraction of sp³-hybridized carbons (Fsp3) is 0.923. The molecule has 2 heterocycles. The van der Waals surface area contributed by atoms with Gasteiger partial charge in [0.1, 0.15) is 0 Å². The minimum atomic E-state index is 0.0777. The fourth-order valence-electron chi connectivity index (χ4n) is 2.90. The standard InChI is InChI=1S/C13H25N3O/c1-3-6-12-13(17)16(10-14-12)9-11-7-4-5-8-15(11)2/h11-12,14H,3-10H2,1-2H3. The first-order valence-electron chi connectivity index (χ1n) is 6.94. The Morgan fingerprint density at radius 2 is 2.24 bits per heavy atom. The van der Waals surface area contributed by atoms with Crippen molar-refractivity contribution in [1.29, 1.82) is 0 Å². The molecule has 1 amide bonds. The van der Waals surface area contributed by atoms with Crippen LogP contribution >= 0.6 is 0 Å². The number of hydrogen-bond donors (Lipinski definition) is 1. The Morgan fingerprint density at radius 1 is 1.41 bits per heavy atom. The van der Waals surface area contributed by atoms with Crippen molar-refractivity contribution in [3.05, 3.63) is 0 Å². The number of likely N-dealkylation sites (tertiary alicyclic amines) is 1. The molecule has 0 spiro atoms. The Kier molecular flexibility index (Phi) is 4.40. The lowest BCUT2D eigenvalue weighted by Gasteiger charge is -2.34. The molecule has 17 heavy (non-hydrogen) atoms. The Labute approximate surface area is 104 Å². The number of hydrogen-bond acceptors (Lipinski definition) is 3. The quantitative estimate of drug-likeness (QED) is 0.796. The summed E-state index contributed by atoms with van der Waals surface area (Å²) in [6, 6.07) is 0.642. The largest absolute Gasteiger partial charge is 0.327 e. The first-order valence-corrected chi connectivity index (χ1v) is 6.94. The van der Waals surface area contributed by atoms with Crippen molar-refractivity contribution >= 4 is 5.91 Å². The van der Waals surface area contributed by atoms with E-state index in [-0.39, 0.29) is 6.04 Å². The highest BCUT2D eigenvalue weighted by molar-refractivity contribution is 5.83. The van der Waals surface area contributed by atoms with Gasteiger partial charge in [-0.2, -0.15) is 0 Å². The molecule has 2 rings (SSSR count). The van der Waals surface area contributed by atoms with Gasteiger partial charge in [-0.3, -0.25) is 10.1 Å². The molecule has 2 unspecified atom stereocenters. The number of amides is 1. The van der Waals surface area contributed by atoms with Crippen LogP contribution in [-0.4, -0.2) is 54.6 Å². The van der Waals surface area contributed by atoms with Crippen LogP contribution < -0.4 is 5.32 Å². The van der Waals surface area contributed by atoms with Gasteiger partial charge < -0.3 is 9.80 Å². The van der Waals surface area contributed by atoms with Gasteiger partial charge in [0.15, 0.2) is 0 Å². The van der Waals surface area contributed by atoms with Gasteiger partial charge in [-0.15, -0.1) is 0 Å². The van der Waals surface area contributed by atoms with Gasteiger partial charge in [-0.25, -0.2) is 0 Å². The van der Waals surface area contributed by atoms with E-state index in [0.29, 0.717) is 11.9 Å². The van der Waals surface area contributed by atoms with Gasteiger partial charge >= 0.3 is 0 Å². The minimum Gasteiger partial charge on any atom is -0.327 e. The number of nitrogens with zero attached hydrogens (tertiary/aromatic N) is 2. The second-order valence-electron chi connectivity index (χ2n) is 5.39. The van der Waals surface area contributed by atoms with Gasteiger partial charge in [-0.1, -0.05) is 19.8 Å². The first-order chi connectivity index (χ1) is 8.22. The molecule has 0 aliphatic carbocycles. The van der Waals surface area contributed by atoms with Gasteiger partial charge in [0.05, 0.1) is 12.7 Å². The number of carbonyl (C=O) groups excluding carboxylic acids is 1. The molecule has 2 aliphatic rings. The van der Waals surface area contributed by atoms with E-state index in [4.69, 9.17) is 0 Å². The van der Waals surface area contributed by atoms with Crippen LogP contribution in [0.5, 0.6) is 0 Å². The van der Waals surface area contributed by atoms with Crippen LogP contribution in [-0.2, 0) is 4.79 Å². The van der Waals surface area contributed by atoms with Gasteiger partial charge in [0, 0.05) is 12.6 Å². The third kappa shape index (κ3) is 2.99. The molecule has 0 aromatic rings. The number of nitrogens with one attached hydrogen (secondary N) is 1. The lowest BCUT2D eigenvalue weighted by molar-refractivity contribution is -0.129. The summed E-state index contributed by atoms with van der Waals surface area (Å²) >= 11 is 0. The second kappa shape index (κ2) is 5.83. The first kappa shape index (κ1) is 12.8. The summed E-state index contributed by atoms with van der Waals surface area (Å²) in [5, 5.41) is 3.32. The maximum Gasteiger partial charge on any atom is 0.240 e. The summed E-state index contributed by atoms with van der Waals surface area (Å²) in [4.78, 5) is 16.5.